The zero-order valence-corrected chi connectivity index (χ0v) is 9.62. The second-order valence-corrected chi connectivity index (χ2v) is 4.39. The van der Waals surface area contributed by atoms with E-state index in [-0.39, 0.29) is 5.82 Å². The highest BCUT2D eigenvalue weighted by Gasteiger charge is 2.22. The van der Waals surface area contributed by atoms with Crippen LogP contribution in [0.5, 0.6) is 0 Å². The molecule has 1 fully saturated rings. The molecule has 1 aliphatic carbocycles. The topological polar surface area (TPSA) is 42.2 Å². The van der Waals surface area contributed by atoms with Gasteiger partial charge in [0.1, 0.15) is 11.6 Å². The van der Waals surface area contributed by atoms with Crippen LogP contribution in [-0.4, -0.2) is 18.1 Å². The summed E-state index contributed by atoms with van der Waals surface area (Å²) in [7, 11) is 2.02. The number of nitrogens with zero attached hydrogens (tertiary/aromatic N) is 2. The Morgan fingerprint density at radius 3 is 2.81 bits per heavy atom. The molecule has 4 heteroatoms. The molecular weight excluding hydrogens is 205 g/mol. The molecule has 0 atom stereocenters. The standard InChI is InChI=1S/C12H18FN3/c1-16(11-4-2-3-5-11)12-9(7-14)6-10(13)8-15-12/h6,8,11H,2-5,7,14H2,1H3. The fourth-order valence-corrected chi connectivity index (χ4v) is 2.41. The Hall–Kier alpha value is -1.16. The first-order valence-corrected chi connectivity index (χ1v) is 5.79. The van der Waals surface area contributed by atoms with Gasteiger partial charge in [-0.3, -0.25) is 0 Å². The van der Waals surface area contributed by atoms with Gasteiger partial charge in [-0.1, -0.05) is 12.8 Å². The molecule has 3 nitrogen and oxygen atoms in total. The van der Waals surface area contributed by atoms with Crippen LogP contribution in [0.15, 0.2) is 12.3 Å². The smallest absolute Gasteiger partial charge is 0.141 e. The van der Waals surface area contributed by atoms with Gasteiger partial charge in [0.25, 0.3) is 0 Å². The zero-order chi connectivity index (χ0) is 11.5. The molecule has 16 heavy (non-hydrogen) atoms. The fraction of sp³-hybridized carbons (Fsp3) is 0.583. The van der Waals surface area contributed by atoms with E-state index < -0.39 is 0 Å². The Kier molecular flexibility index (Phi) is 3.39. The van der Waals surface area contributed by atoms with Crippen LogP contribution in [0.1, 0.15) is 31.2 Å². The summed E-state index contributed by atoms with van der Waals surface area (Å²) in [6.07, 6.45) is 6.20. The lowest BCUT2D eigenvalue weighted by molar-refractivity contribution is 0.609. The van der Waals surface area contributed by atoms with Crippen molar-refractivity contribution in [1.82, 2.24) is 4.98 Å². The quantitative estimate of drug-likeness (QED) is 0.852. The molecule has 0 aliphatic heterocycles. The summed E-state index contributed by atoms with van der Waals surface area (Å²) < 4.78 is 13.0. The second-order valence-electron chi connectivity index (χ2n) is 4.39. The molecule has 0 spiro atoms. The molecular formula is C12H18FN3. The summed E-state index contributed by atoms with van der Waals surface area (Å²) >= 11 is 0. The average molecular weight is 223 g/mol. The first kappa shape index (κ1) is 11.3. The van der Waals surface area contributed by atoms with Crippen molar-refractivity contribution in [2.45, 2.75) is 38.3 Å². The molecule has 0 amide bonds. The second kappa shape index (κ2) is 4.78. The Labute approximate surface area is 95.5 Å². The van der Waals surface area contributed by atoms with Crippen molar-refractivity contribution in [3.63, 3.8) is 0 Å². The first-order valence-electron chi connectivity index (χ1n) is 5.79. The normalized spacial score (nSPS) is 16.7. The van der Waals surface area contributed by atoms with E-state index >= 15 is 0 Å². The zero-order valence-electron chi connectivity index (χ0n) is 9.62. The maximum atomic E-state index is 13.0. The number of halogens is 1. The third kappa shape index (κ3) is 2.16. The van der Waals surface area contributed by atoms with Gasteiger partial charge in [-0.25, -0.2) is 9.37 Å². The largest absolute Gasteiger partial charge is 0.356 e. The summed E-state index contributed by atoms with van der Waals surface area (Å²) in [5.74, 6) is 0.514. The van der Waals surface area contributed by atoms with Crippen LogP contribution in [0.3, 0.4) is 0 Å². The van der Waals surface area contributed by atoms with E-state index in [0.29, 0.717) is 12.6 Å². The molecule has 0 radical (unpaired) electrons. The Morgan fingerprint density at radius 1 is 1.50 bits per heavy atom. The van der Waals surface area contributed by atoms with Gasteiger partial charge in [0.15, 0.2) is 0 Å². The minimum atomic E-state index is -0.316. The number of anilines is 1. The van der Waals surface area contributed by atoms with Crippen LogP contribution >= 0.6 is 0 Å². The highest BCUT2D eigenvalue weighted by Crippen LogP contribution is 2.27. The maximum absolute atomic E-state index is 13.0. The molecule has 1 aromatic rings. The molecule has 0 aromatic carbocycles. The summed E-state index contributed by atoms with van der Waals surface area (Å²) in [6, 6.07) is 2.01. The van der Waals surface area contributed by atoms with E-state index in [1.165, 1.54) is 37.9 Å². The van der Waals surface area contributed by atoms with Crippen molar-refractivity contribution < 1.29 is 4.39 Å². The van der Waals surface area contributed by atoms with Gasteiger partial charge in [0.2, 0.25) is 0 Å². The summed E-state index contributed by atoms with van der Waals surface area (Å²) in [5.41, 5.74) is 6.41. The molecule has 0 unspecified atom stereocenters. The Morgan fingerprint density at radius 2 is 2.19 bits per heavy atom. The van der Waals surface area contributed by atoms with E-state index in [1.807, 2.05) is 7.05 Å². The van der Waals surface area contributed by atoms with E-state index in [2.05, 4.69) is 9.88 Å². The van der Waals surface area contributed by atoms with Crippen molar-refractivity contribution in [3.8, 4) is 0 Å². The molecule has 1 heterocycles. The van der Waals surface area contributed by atoms with Gasteiger partial charge in [-0.2, -0.15) is 0 Å². The number of nitrogens with two attached hydrogens (primary N) is 1. The molecule has 1 aromatic heterocycles. The van der Waals surface area contributed by atoms with Gasteiger partial charge >= 0.3 is 0 Å². The highest BCUT2D eigenvalue weighted by atomic mass is 19.1. The third-order valence-electron chi connectivity index (χ3n) is 3.34. The van der Waals surface area contributed by atoms with Gasteiger partial charge < -0.3 is 10.6 Å². The first-order chi connectivity index (χ1) is 7.72. The number of hydrogen-bond donors (Lipinski definition) is 1. The molecule has 88 valence electrons. The highest BCUT2D eigenvalue weighted by molar-refractivity contribution is 5.47. The molecule has 1 aliphatic rings. The SMILES string of the molecule is CN(c1ncc(F)cc1CN)C1CCCC1. The lowest BCUT2D eigenvalue weighted by Gasteiger charge is -2.27. The van der Waals surface area contributed by atoms with Crippen LogP contribution in [0, 0.1) is 5.82 Å². The van der Waals surface area contributed by atoms with Crippen LogP contribution in [0.25, 0.3) is 0 Å². The van der Waals surface area contributed by atoms with Crippen molar-refractivity contribution in [3.05, 3.63) is 23.6 Å². The van der Waals surface area contributed by atoms with E-state index in [1.54, 1.807) is 0 Å². The minimum Gasteiger partial charge on any atom is -0.356 e. The van der Waals surface area contributed by atoms with E-state index in [9.17, 15) is 4.39 Å². The summed E-state index contributed by atoms with van der Waals surface area (Å²) in [5, 5.41) is 0. The predicted molar refractivity (Wildman–Crippen MR) is 62.7 cm³/mol. The van der Waals surface area contributed by atoms with Crippen molar-refractivity contribution in [2.75, 3.05) is 11.9 Å². The molecule has 0 saturated heterocycles. The van der Waals surface area contributed by atoms with E-state index in [0.717, 1.165) is 11.4 Å². The molecule has 2 rings (SSSR count). The summed E-state index contributed by atoms with van der Waals surface area (Å²) in [4.78, 5) is 6.31. The van der Waals surface area contributed by atoms with Gasteiger partial charge in [-0.15, -0.1) is 0 Å². The van der Waals surface area contributed by atoms with Crippen molar-refractivity contribution in [1.29, 1.82) is 0 Å². The monoisotopic (exact) mass is 223 g/mol. The number of aromatic nitrogens is 1. The van der Waals surface area contributed by atoms with Crippen molar-refractivity contribution in [2.24, 2.45) is 5.73 Å². The van der Waals surface area contributed by atoms with Crippen LogP contribution in [-0.2, 0) is 6.54 Å². The van der Waals surface area contributed by atoms with E-state index in [4.69, 9.17) is 5.73 Å². The van der Waals surface area contributed by atoms with Crippen LogP contribution < -0.4 is 10.6 Å². The number of hydrogen-bond acceptors (Lipinski definition) is 3. The Balaban J connectivity index is 2.24. The molecule has 2 N–H and O–H groups in total. The molecule has 0 bridgehead atoms. The minimum absolute atomic E-state index is 0.316. The predicted octanol–water partition coefficient (Wildman–Crippen LogP) is 2.06. The summed E-state index contributed by atoms with van der Waals surface area (Å²) in [6.45, 7) is 0.331. The average Bonchev–Trinajstić information content (AvgIpc) is 2.81. The number of pyridine rings is 1. The molecule has 1 saturated carbocycles. The van der Waals surface area contributed by atoms with Crippen LogP contribution in [0.2, 0.25) is 0 Å². The lowest BCUT2D eigenvalue weighted by atomic mass is 10.2. The fourth-order valence-electron chi connectivity index (χ4n) is 2.41. The number of rotatable bonds is 3. The van der Waals surface area contributed by atoms with Gasteiger partial charge in [0.05, 0.1) is 6.20 Å². The van der Waals surface area contributed by atoms with Crippen molar-refractivity contribution >= 4 is 5.82 Å². The maximum Gasteiger partial charge on any atom is 0.141 e. The Bertz CT molecular complexity index is 361. The van der Waals surface area contributed by atoms with Crippen LogP contribution in [0.4, 0.5) is 10.2 Å². The van der Waals surface area contributed by atoms with Gasteiger partial charge in [-0.05, 0) is 18.9 Å². The lowest BCUT2D eigenvalue weighted by Crippen LogP contribution is -2.30. The third-order valence-corrected chi connectivity index (χ3v) is 3.34. The van der Waals surface area contributed by atoms with Gasteiger partial charge in [0, 0.05) is 25.2 Å².